The Hall–Kier alpha value is -4.51. The fourth-order valence-electron chi connectivity index (χ4n) is 9.41. The summed E-state index contributed by atoms with van der Waals surface area (Å²) >= 11 is 0. The van der Waals surface area contributed by atoms with Crippen LogP contribution in [0.4, 0.5) is 11.4 Å². The second-order valence-electron chi connectivity index (χ2n) is 19.1. The van der Waals surface area contributed by atoms with Gasteiger partial charge in [-0.05, 0) is 97.3 Å². The fourth-order valence-corrected chi connectivity index (χ4v) is 11.9. The lowest BCUT2D eigenvalue weighted by atomic mass is 9.79. The van der Waals surface area contributed by atoms with Gasteiger partial charge in [-0.2, -0.15) is 21.4 Å². The fraction of sp³-hybridized carbons (Fsp3) is 0.429. The number of hydrogen-bond acceptors (Lipinski definition) is 8. The van der Waals surface area contributed by atoms with E-state index in [2.05, 4.69) is 51.7 Å². The van der Waals surface area contributed by atoms with Crippen molar-refractivity contribution in [1.82, 2.24) is 4.31 Å². The monoisotopic (exact) mass is 932 g/mol. The maximum absolute atomic E-state index is 14.1. The van der Waals surface area contributed by atoms with Crippen LogP contribution < -0.4 is 4.90 Å². The van der Waals surface area contributed by atoms with Gasteiger partial charge in [0.2, 0.25) is 15.7 Å². The molecule has 0 amide bonds. The van der Waals surface area contributed by atoms with E-state index in [4.69, 9.17) is 0 Å². The highest BCUT2D eigenvalue weighted by atomic mass is 32.2. The molecule has 2 aliphatic heterocycles. The quantitative estimate of drug-likeness (QED) is 0.0627. The third kappa shape index (κ3) is 9.43. The number of aryl methyl sites for hydroxylation is 1. The van der Waals surface area contributed by atoms with E-state index < -0.39 is 52.3 Å². The zero-order valence-electron chi connectivity index (χ0n) is 38.6. The molecule has 0 saturated carbocycles. The lowest BCUT2D eigenvalue weighted by molar-refractivity contribution is -0.437. The summed E-state index contributed by atoms with van der Waals surface area (Å²) in [6, 6.07) is 16.0. The lowest BCUT2D eigenvalue weighted by Gasteiger charge is -2.26. The number of ketones is 1. The van der Waals surface area contributed by atoms with Crippen LogP contribution in [0.5, 0.6) is 0 Å². The van der Waals surface area contributed by atoms with Crippen LogP contribution in [0.15, 0.2) is 100 Å². The number of anilines is 1. The van der Waals surface area contributed by atoms with Crippen molar-refractivity contribution in [2.45, 2.75) is 109 Å². The normalized spacial score (nSPS) is 17.3. The Morgan fingerprint density at radius 1 is 0.828 bits per heavy atom. The molecule has 0 aromatic heterocycles. The molecule has 2 aliphatic rings. The van der Waals surface area contributed by atoms with Crippen molar-refractivity contribution >= 4 is 74.7 Å². The maximum atomic E-state index is 14.1. The second kappa shape index (κ2) is 17.7. The Bertz CT molecular complexity index is 3010. The van der Waals surface area contributed by atoms with E-state index in [9.17, 15) is 39.2 Å². The number of carbonyl (C=O) groups is 1. The Labute approximate surface area is 379 Å². The summed E-state index contributed by atoms with van der Waals surface area (Å²) in [5.41, 5.74) is 4.56. The van der Waals surface area contributed by atoms with Gasteiger partial charge in [0.15, 0.2) is 5.71 Å². The van der Waals surface area contributed by atoms with Crippen LogP contribution in [-0.2, 0) is 45.9 Å². The number of Topliss-reactive ketones (excluding diaryl/α,β-unsaturated/α-hetero) is 1. The van der Waals surface area contributed by atoms with Gasteiger partial charge in [-0.15, -0.1) is 0 Å². The molecule has 4 aromatic carbocycles. The number of allylic oxidation sites excluding steroid dienone is 6. The molecular weight excluding hydrogens is 871 g/mol. The van der Waals surface area contributed by atoms with E-state index in [0.717, 1.165) is 68.6 Å². The summed E-state index contributed by atoms with van der Waals surface area (Å²) in [6.45, 7) is 19.0. The average Bonchev–Trinajstić information content (AvgIpc) is 3.54. The number of sulfonamides is 1. The summed E-state index contributed by atoms with van der Waals surface area (Å²) in [5.74, 6) is -0.352. The highest BCUT2D eigenvalue weighted by Crippen LogP contribution is 2.51. The Morgan fingerprint density at radius 3 is 2.16 bits per heavy atom. The van der Waals surface area contributed by atoms with Crippen LogP contribution in [0.1, 0.15) is 97.8 Å². The van der Waals surface area contributed by atoms with Crippen molar-refractivity contribution in [1.29, 1.82) is 0 Å². The number of benzene rings is 4. The van der Waals surface area contributed by atoms with Crippen LogP contribution >= 0.6 is 0 Å². The third-order valence-corrected chi connectivity index (χ3v) is 16.2. The minimum absolute atomic E-state index is 0.0726. The van der Waals surface area contributed by atoms with E-state index in [1.807, 2.05) is 74.8 Å². The Morgan fingerprint density at radius 2 is 1.52 bits per heavy atom. The summed E-state index contributed by atoms with van der Waals surface area (Å²) in [6.07, 6.45) is 11.5. The topological polar surface area (TPSA) is 169 Å². The van der Waals surface area contributed by atoms with Gasteiger partial charge < -0.3 is 4.90 Å². The summed E-state index contributed by atoms with van der Waals surface area (Å²) in [7, 11) is -11.1. The molecule has 4 aromatic rings. The third-order valence-electron chi connectivity index (χ3n) is 12.6. The molecule has 15 heteroatoms. The standard InChI is InChI=1S/C49H61N3O9S3/c1-11-27-51-40-25-23-35-33(2)31-34(64(59,60)61)32-38(35)46(40)49(8,9)42(51)20-13-12-14-21-43-48(6,7)45-37-18-15-19-41(63(57,58)50(10)28-16-22-44(53)47(3,4)5)36(37)24-26-39(45)52(43)29-17-30-62(54,55)56/h12-15,18-21,23-26,31-32H,11,16-17,22,27-30H2,1-10H3,(H-,54,55,56,59,60,61)/p+1. The average molecular weight is 933 g/mol. The Kier molecular flexibility index (Phi) is 13.5. The van der Waals surface area contributed by atoms with E-state index in [-0.39, 0.29) is 41.5 Å². The maximum Gasteiger partial charge on any atom is 0.294 e. The molecule has 6 rings (SSSR count). The van der Waals surface area contributed by atoms with Gasteiger partial charge in [0.25, 0.3) is 20.2 Å². The van der Waals surface area contributed by atoms with Gasteiger partial charge in [-0.3, -0.25) is 13.9 Å². The number of nitrogens with zero attached hydrogens (tertiary/aromatic N) is 3. The molecule has 12 nitrogen and oxygen atoms in total. The van der Waals surface area contributed by atoms with Crippen LogP contribution in [0.3, 0.4) is 0 Å². The molecule has 0 atom stereocenters. The van der Waals surface area contributed by atoms with Gasteiger partial charge in [-0.1, -0.05) is 78.0 Å². The van der Waals surface area contributed by atoms with E-state index >= 15 is 0 Å². The van der Waals surface area contributed by atoms with Gasteiger partial charge in [0.1, 0.15) is 12.3 Å². The van der Waals surface area contributed by atoms with Crippen molar-refractivity contribution in [2.24, 2.45) is 5.41 Å². The van der Waals surface area contributed by atoms with Crippen LogP contribution in [0.2, 0.25) is 0 Å². The first-order valence-corrected chi connectivity index (χ1v) is 26.2. The van der Waals surface area contributed by atoms with Gasteiger partial charge in [0, 0.05) is 78.3 Å². The molecule has 2 N–H and O–H groups in total. The summed E-state index contributed by atoms with van der Waals surface area (Å²) in [5, 5.41) is 2.97. The molecule has 344 valence electrons. The Balaban J connectivity index is 1.37. The summed E-state index contributed by atoms with van der Waals surface area (Å²) < 4.78 is 99.4. The van der Waals surface area contributed by atoms with Crippen molar-refractivity contribution < 1.29 is 43.7 Å². The van der Waals surface area contributed by atoms with E-state index in [0.29, 0.717) is 11.8 Å². The molecule has 2 heterocycles. The van der Waals surface area contributed by atoms with Crippen LogP contribution in [-0.4, -0.2) is 87.2 Å². The van der Waals surface area contributed by atoms with Crippen molar-refractivity contribution in [3.05, 3.63) is 107 Å². The molecule has 0 spiro atoms. The number of hydrogen-bond donors (Lipinski definition) is 2. The summed E-state index contributed by atoms with van der Waals surface area (Å²) in [4.78, 5) is 14.8. The largest absolute Gasteiger partial charge is 0.344 e. The molecule has 0 bridgehead atoms. The highest BCUT2D eigenvalue weighted by molar-refractivity contribution is 7.89. The van der Waals surface area contributed by atoms with Gasteiger partial charge >= 0.3 is 0 Å². The van der Waals surface area contributed by atoms with Gasteiger partial charge in [-0.25, -0.2) is 12.7 Å². The van der Waals surface area contributed by atoms with Crippen molar-refractivity contribution in [3.63, 3.8) is 0 Å². The first-order chi connectivity index (χ1) is 29.6. The number of rotatable bonds is 16. The predicted octanol–water partition coefficient (Wildman–Crippen LogP) is 9.42. The SMILES string of the molecule is CCCN1/C(=C/C=C/C=C/C2=[N+](CCCS(=O)(=O)O)c3ccc4c(S(=O)(=O)N(C)CCCC(=O)C(C)(C)C)cccc4c3C2(C)C)C(C)(C)c2c1ccc1c(C)cc(S(=O)(=O)O)cc21. The second-order valence-corrected chi connectivity index (χ2v) is 24.1. The molecule has 64 heavy (non-hydrogen) atoms. The van der Waals surface area contributed by atoms with E-state index in [1.165, 1.54) is 17.4 Å². The predicted molar refractivity (Wildman–Crippen MR) is 257 cm³/mol. The number of carbonyl (C=O) groups excluding carboxylic acids is 1. The minimum atomic E-state index is -4.43. The molecule has 0 radical (unpaired) electrons. The first-order valence-electron chi connectivity index (χ1n) is 21.7. The number of fused-ring (bicyclic) bond motifs is 6. The molecular formula is C49H62N3O9S3+. The van der Waals surface area contributed by atoms with Crippen LogP contribution in [0.25, 0.3) is 21.5 Å². The van der Waals surface area contributed by atoms with Crippen molar-refractivity contribution in [3.8, 4) is 0 Å². The molecule has 0 unspecified atom stereocenters. The zero-order chi connectivity index (χ0) is 47.4. The molecule has 0 saturated heterocycles. The lowest BCUT2D eigenvalue weighted by Crippen LogP contribution is -2.29. The van der Waals surface area contributed by atoms with Gasteiger partial charge in [0.05, 0.1) is 21.0 Å². The minimum Gasteiger partial charge on any atom is -0.344 e. The van der Waals surface area contributed by atoms with E-state index in [1.54, 1.807) is 24.3 Å². The smallest absolute Gasteiger partial charge is 0.294 e. The first kappa shape index (κ1) is 48.9. The highest BCUT2D eigenvalue weighted by Gasteiger charge is 2.46. The zero-order valence-corrected chi connectivity index (χ0v) is 41.0. The van der Waals surface area contributed by atoms with Crippen LogP contribution in [0, 0.1) is 12.3 Å². The molecule has 0 aliphatic carbocycles. The molecule has 0 fully saturated rings. The van der Waals surface area contributed by atoms with Crippen molar-refractivity contribution in [2.75, 3.05) is 37.3 Å².